The Morgan fingerprint density at radius 1 is 1.62 bits per heavy atom. The van der Waals surface area contributed by atoms with E-state index in [1.54, 1.807) is 6.92 Å². The fraction of sp³-hybridized carbons (Fsp3) is 0.375. The van der Waals surface area contributed by atoms with Crippen LogP contribution in [-0.4, -0.2) is 32.7 Å². The number of carbonyl (C=O) groups excluding carboxylic acids is 1. The van der Waals surface area contributed by atoms with E-state index >= 15 is 0 Å². The SMILES string of the molecule is C=N/C(=C\N=C(C)OC)C(=O)NC. The van der Waals surface area contributed by atoms with Crippen LogP contribution in [0.1, 0.15) is 6.92 Å². The molecule has 0 rings (SSSR count). The summed E-state index contributed by atoms with van der Waals surface area (Å²) in [7, 11) is 3.00. The van der Waals surface area contributed by atoms with Crippen molar-refractivity contribution in [1.29, 1.82) is 0 Å². The molecule has 0 heterocycles. The molecule has 0 bridgehead atoms. The first kappa shape index (κ1) is 11.4. The fourth-order valence-electron chi connectivity index (χ4n) is 0.504. The minimum Gasteiger partial charge on any atom is -0.484 e. The fourth-order valence-corrected chi connectivity index (χ4v) is 0.504. The van der Waals surface area contributed by atoms with Gasteiger partial charge in [0.1, 0.15) is 5.70 Å². The number of likely N-dealkylation sites (N-methyl/N-ethyl adjacent to an activating group) is 1. The number of methoxy groups -OCH3 is 1. The molecule has 0 radical (unpaired) electrons. The van der Waals surface area contributed by atoms with Gasteiger partial charge in [0.25, 0.3) is 5.91 Å². The van der Waals surface area contributed by atoms with Gasteiger partial charge in [0.15, 0.2) is 5.90 Å². The minimum absolute atomic E-state index is 0.152. The van der Waals surface area contributed by atoms with Crippen molar-refractivity contribution >= 4 is 18.5 Å². The molecule has 1 N–H and O–H groups in total. The highest BCUT2D eigenvalue weighted by Gasteiger charge is 2.02. The Bertz CT molecular complexity index is 256. The Balaban J connectivity index is 4.58. The van der Waals surface area contributed by atoms with Gasteiger partial charge in [-0.05, 0) is 6.72 Å². The summed E-state index contributed by atoms with van der Waals surface area (Å²) in [5.41, 5.74) is 0.152. The van der Waals surface area contributed by atoms with Crippen LogP contribution in [0.3, 0.4) is 0 Å². The molecule has 0 aromatic carbocycles. The standard InChI is InChI=1S/C8H13N3O2/c1-6(13-4)11-5-7(9-2)8(12)10-3/h5H,2H2,1,3-4H3,(H,10,12)/b7-5-,11-6?. The van der Waals surface area contributed by atoms with E-state index in [0.717, 1.165) is 0 Å². The molecule has 0 aromatic heterocycles. The van der Waals surface area contributed by atoms with E-state index in [9.17, 15) is 4.79 Å². The van der Waals surface area contributed by atoms with Crippen molar-refractivity contribution in [2.24, 2.45) is 9.98 Å². The van der Waals surface area contributed by atoms with E-state index in [4.69, 9.17) is 4.74 Å². The Kier molecular flexibility index (Phi) is 5.18. The van der Waals surface area contributed by atoms with Crippen LogP contribution in [0.5, 0.6) is 0 Å². The number of hydrogen-bond donors (Lipinski definition) is 1. The minimum atomic E-state index is -0.331. The van der Waals surface area contributed by atoms with Gasteiger partial charge in [-0.3, -0.25) is 9.79 Å². The largest absolute Gasteiger partial charge is 0.484 e. The van der Waals surface area contributed by atoms with Crippen LogP contribution >= 0.6 is 0 Å². The molecule has 5 heteroatoms. The summed E-state index contributed by atoms with van der Waals surface area (Å²) in [6, 6.07) is 0. The second-order valence-corrected chi connectivity index (χ2v) is 2.10. The normalized spacial score (nSPS) is 12.2. The predicted octanol–water partition coefficient (Wildman–Crippen LogP) is 0.339. The maximum atomic E-state index is 11.0. The van der Waals surface area contributed by atoms with Crippen LogP contribution in [0, 0.1) is 0 Å². The lowest BCUT2D eigenvalue weighted by Gasteiger charge is -1.97. The van der Waals surface area contributed by atoms with Gasteiger partial charge in [0.2, 0.25) is 0 Å². The number of nitrogens with zero attached hydrogens (tertiary/aromatic N) is 2. The van der Waals surface area contributed by atoms with Crippen LogP contribution < -0.4 is 5.32 Å². The molecular formula is C8H13N3O2. The zero-order valence-corrected chi connectivity index (χ0v) is 8.00. The van der Waals surface area contributed by atoms with E-state index in [0.29, 0.717) is 5.90 Å². The zero-order valence-electron chi connectivity index (χ0n) is 8.00. The monoisotopic (exact) mass is 183 g/mol. The number of aliphatic imine (C=N–C) groups is 2. The van der Waals surface area contributed by atoms with Gasteiger partial charge in [-0.15, -0.1) is 0 Å². The third-order valence-corrected chi connectivity index (χ3v) is 1.29. The summed E-state index contributed by atoms with van der Waals surface area (Å²) in [4.78, 5) is 18.3. The maximum absolute atomic E-state index is 11.0. The van der Waals surface area contributed by atoms with Crippen molar-refractivity contribution in [3.05, 3.63) is 11.9 Å². The van der Waals surface area contributed by atoms with Gasteiger partial charge in [-0.25, -0.2) is 4.99 Å². The molecule has 13 heavy (non-hydrogen) atoms. The Labute approximate surface area is 77.2 Å². The van der Waals surface area contributed by atoms with Crippen molar-refractivity contribution < 1.29 is 9.53 Å². The van der Waals surface area contributed by atoms with E-state index in [1.807, 2.05) is 0 Å². The average Bonchev–Trinajstić information content (AvgIpc) is 2.17. The van der Waals surface area contributed by atoms with Gasteiger partial charge in [0, 0.05) is 14.0 Å². The lowest BCUT2D eigenvalue weighted by molar-refractivity contribution is -0.117. The number of carbonyl (C=O) groups is 1. The first-order valence-corrected chi connectivity index (χ1v) is 3.63. The van der Waals surface area contributed by atoms with Gasteiger partial charge >= 0.3 is 0 Å². The maximum Gasteiger partial charge on any atom is 0.271 e. The highest BCUT2D eigenvalue weighted by molar-refractivity contribution is 5.93. The third kappa shape index (κ3) is 4.05. The van der Waals surface area contributed by atoms with Gasteiger partial charge in [-0.2, -0.15) is 0 Å². The molecule has 0 unspecified atom stereocenters. The molecule has 0 spiro atoms. The topological polar surface area (TPSA) is 63.1 Å². The molecule has 0 aliphatic rings. The molecule has 0 aromatic rings. The van der Waals surface area contributed by atoms with Crippen molar-refractivity contribution in [3.8, 4) is 0 Å². The van der Waals surface area contributed by atoms with E-state index in [-0.39, 0.29) is 11.6 Å². The first-order valence-electron chi connectivity index (χ1n) is 3.63. The number of nitrogens with one attached hydrogen (secondary N) is 1. The Morgan fingerprint density at radius 3 is 2.62 bits per heavy atom. The predicted molar refractivity (Wildman–Crippen MR) is 51.8 cm³/mol. The molecule has 0 aliphatic heterocycles. The van der Waals surface area contributed by atoms with Crippen molar-refractivity contribution in [2.75, 3.05) is 14.2 Å². The highest BCUT2D eigenvalue weighted by atomic mass is 16.5. The summed E-state index contributed by atoms with van der Waals surface area (Å²) in [6.07, 6.45) is 1.30. The first-order chi connectivity index (χ1) is 6.15. The molecule has 72 valence electrons. The molecule has 0 aliphatic carbocycles. The van der Waals surface area contributed by atoms with E-state index in [1.165, 1.54) is 20.4 Å². The summed E-state index contributed by atoms with van der Waals surface area (Å²) >= 11 is 0. The van der Waals surface area contributed by atoms with Crippen LogP contribution in [0.2, 0.25) is 0 Å². The van der Waals surface area contributed by atoms with Crippen molar-refractivity contribution in [1.82, 2.24) is 5.32 Å². The molecule has 5 nitrogen and oxygen atoms in total. The van der Waals surface area contributed by atoms with Gasteiger partial charge in [0.05, 0.1) is 13.3 Å². The average molecular weight is 183 g/mol. The van der Waals surface area contributed by atoms with Crippen LogP contribution in [0.4, 0.5) is 0 Å². The highest BCUT2D eigenvalue weighted by Crippen LogP contribution is 1.96. The quantitative estimate of drug-likeness (QED) is 0.389. The van der Waals surface area contributed by atoms with E-state index in [2.05, 4.69) is 22.0 Å². The third-order valence-electron chi connectivity index (χ3n) is 1.29. The lowest BCUT2D eigenvalue weighted by Crippen LogP contribution is -2.18. The summed E-state index contributed by atoms with van der Waals surface area (Å²) in [6.45, 7) is 4.91. The smallest absolute Gasteiger partial charge is 0.271 e. The van der Waals surface area contributed by atoms with Crippen molar-refractivity contribution in [2.45, 2.75) is 6.92 Å². The Hall–Kier alpha value is -1.65. The molecular weight excluding hydrogens is 170 g/mol. The number of rotatable bonds is 3. The summed E-state index contributed by atoms with van der Waals surface area (Å²) < 4.78 is 4.77. The van der Waals surface area contributed by atoms with Crippen molar-refractivity contribution in [3.63, 3.8) is 0 Å². The second-order valence-electron chi connectivity index (χ2n) is 2.10. The van der Waals surface area contributed by atoms with E-state index < -0.39 is 0 Å². The molecule has 0 atom stereocenters. The number of amides is 1. The molecule has 0 saturated heterocycles. The van der Waals surface area contributed by atoms with Gasteiger partial charge < -0.3 is 10.1 Å². The van der Waals surface area contributed by atoms with Gasteiger partial charge in [-0.1, -0.05) is 0 Å². The summed E-state index contributed by atoms with van der Waals surface area (Å²) in [5.74, 6) is 0.118. The zero-order chi connectivity index (χ0) is 10.3. The second kappa shape index (κ2) is 5.93. The van der Waals surface area contributed by atoms with Crippen LogP contribution in [0.15, 0.2) is 21.9 Å². The Morgan fingerprint density at radius 2 is 2.23 bits per heavy atom. The van der Waals surface area contributed by atoms with Crippen LogP contribution in [0.25, 0.3) is 0 Å². The number of ether oxygens (including phenoxy) is 1. The van der Waals surface area contributed by atoms with Crippen LogP contribution in [-0.2, 0) is 9.53 Å². The lowest BCUT2D eigenvalue weighted by atomic mass is 10.4. The molecule has 0 fully saturated rings. The molecule has 1 amide bonds. The summed E-state index contributed by atoms with van der Waals surface area (Å²) in [5, 5.41) is 2.41. The molecule has 0 saturated carbocycles. The number of hydrogen-bond acceptors (Lipinski definition) is 4.